The molecular formula is C21H20N2O6S. The quantitative estimate of drug-likeness (QED) is 0.532. The van der Waals surface area contributed by atoms with Crippen LogP contribution in [0.4, 0.5) is 0 Å². The molecule has 1 heterocycles. The minimum Gasteiger partial charge on any atom is -0.462 e. The Morgan fingerprint density at radius 3 is 1.97 bits per heavy atom. The van der Waals surface area contributed by atoms with Gasteiger partial charge in [-0.2, -0.15) is 13.5 Å². The number of hydrogen-bond acceptors (Lipinski definition) is 7. The summed E-state index contributed by atoms with van der Waals surface area (Å²) >= 11 is 0. The summed E-state index contributed by atoms with van der Waals surface area (Å²) in [7, 11) is -4.29. The topological polar surface area (TPSA) is 105 Å². The molecule has 0 saturated carbocycles. The fourth-order valence-corrected chi connectivity index (χ4v) is 4.14. The van der Waals surface area contributed by atoms with Gasteiger partial charge in [0, 0.05) is 5.56 Å². The van der Waals surface area contributed by atoms with E-state index in [1.807, 2.05) is 0 Å². The third-order valence-corrected chi connectivity index (χ3v) is 5.71. The molecule has 0 saturated heterocycles. The van der Waals surface area contributed by atoms with Crippen LogP contribution in [0, 0.1) is 0 Å². The van der Waals surface area contributed by atoms with Crippen molar-refractivity contribution in [1.29, 1.82) is 0 Å². The van der Waals surface area contributed by atoms with Crippen LogP contribution in [-0.2, 0) is 19.5 Å². The van der Waals surface area contributed by atoms with Crippen LogP contribution in [0.3, 0.4) is 0 Å². The van der Waals surface area contributed by atoms with Crippen molar-refractivity contribution >= 4 is 22.0 Å². The fraction of sp³-hybridized carbons (Fsp3) is 0.190. The Hall–Kier alpha value is -3.46. The van der Waals surface area contributed by atoms with E-state index < -0.39 is 27.7 Å². The molecule has 0 aliphatic rings. The molecule has 0 unspecified atom stereocenters. The van der Waals surface area contributed by atoms with E-state index in [1.165, 1.54) is 12.1 Å². The van der Waals surface area contributed by atoms with E-state index in [-0.39, 0.29) is 29.4 Å². The summed E-state index contributed by atoms with van der Waals surface area (Å²) in [4.78, 5) is 25.4. The first-order chi connectivity index (χ1) is 14.4. The number of benzene rings is 2. The highest BCUT2D eigenvalue weighted by Gasteiger charge is 2.36. The van der Waals surface area contributed by atoms with Crippen molar-refractivity contribution in [3.8, 4) is 11.3 Å². The molecule has 0 fully saturated rings. The lowest BCUT2D eigenvalue weighted by atomic mass is 10.1. The summed E-state index contributed by atoms with van der Waals surface area (Å²) in [6.07, 6.45) is 0. The van der Waals surface area contributed by atoms with Crippen LogP contribution >= 0.6 is 0 Å². The minimum atomic E-state index is -4.29. The Labute approximate surface area is 174 Å². The molecule has 0 bridgehead atoms. The van der Waals surface area contributed by atoms with E-state index >= 15 is 0 Å². The third kappa shape index (κ3) is 3.97. The molecule has 8 nitrogen and oxygen atoms in total. The zero-order chi connectivity index (χ0) is 21.7. The van der Waals surface area contributed by atoms with Crippen molar-refractivity contribution in [3.63, 3.8) is 0 Å². The first-order valence-corrected chi connectivity index (χ1v) is 10.7. The summed E-state index contributed by atoms with van der Waals surface area (Å²) in [6, 6.07) is 16.0. The number of rotatable bonds is 7. The molecule has 0 aliphatic carbocycles. The van der Waals surface area contributed by atoms with Gasteiger partial charge in [-0.25, -0.2) is 9.59 Å². The maximum atomic E-state index is 13.3. The molecule has 0 N–H and O–H groups in total. The standard InChI is InChI=1S/C21H20N2O6S/c1-3-28-20(24)17-18(15-11-7-5-8-12-15)22-23(19(17)21(25)29-4-2)30(26,27)16-13-9-6-10-14-16/h5-14H,3-4H2,1-2H3. The number of aromatic nitrogens is 2. The second kappa shape index (κ2) is 8.91. The van der Waals surface area contributed by atoms with Gasteiger partial charge < -0.3 is 9.47 Å². The summed E-state index contributed by atoms with van der Waals surface area (Å²) in [5, 5.41) is 4.16. The summed E-state index contributed by atoms with van der Waals surface area (Å²) in [5.74, 6) is -1.86. The lowest BCUT2D eigenvalue weighted by Crippen LogP contribution is -2.23. The minimum absolute atomic E-state index is 0.0107. The van der Waals surface area contributed by atoms with E-state index in [0.29, 0.717) is 9.65 Å². The number of ether oxygens (including phenoxy) is 2. The highest BCUT2D eigenvalue weighted by Crippen LogP contribution is 2.29. The largest absolute Gasteiger partial charge is 0.462 e. The van der Waals surface area contributed by atoms with Crippen molar-refractivity contribution < 1.29 is 27.5 Å². The first kappa shape index (κ1) is 21.3. The van der Waals surface area contributed by atoms with Crippen LogP contribution in [0.1, 0.15) is 34.7 Å². The van der Waals surface area contributed by atoms with Crippen LogP contribution in [-0.4, -0.2) is 42.8 Å². The fourth-order valence-electron chi connectivity index (χ4n) is 2.84. The monoisotopic (exact) mass is 428 g/mol. The molecule has 2 aromatic carbocycles. The molecule has 0 radical (unpaired) electrons. The second-order valence-corrected chi connectivity index (χ2v) is 7.81. The molecular weight excluding hydrogens is 408 g/mol. The molecule has 3 rings (SSSR count). The third-order valence-electron chi connectivity index (χ3n) is 4.12. The maximum Gasteiger partial charge on any atom is 0.358 e. The molecule has 156 valence electrons. The smallest absolute Gasteiger partial charge is 0.358 e. The molecule has 0 spiro atoms. The Morgan fingerprint density at radius 2 is 1.40 bits per heavy atom. The number of carbonyl (C=O) groups is 2. The zero-order valence-corrected chi connectivity index (χ0v) is 17.3. The van der Waals surface area contributed by atoms with Gasteiger partial charge in [0.25, 0.3) is 10.0 Å². The van der Waals surface area contributed by atoms with Gasteiger partial charge in [0.1, 0.15) is 11.3 Å². The van der Waals surface area contributed by atoms with Gasteiger partial charge in [-0.1, -0.05) is 48.5 Å². The predicted octanol–water partition coefficient (Wildman–Crippen LogP) is 3.14. The van der Waals surface area contributed by atoms with Crippen LogP contribution in [0.2, 0.25) is 0 Å². The number of hydrogen-bond donors (Lipinski definition) is 0. The first-order valence-electron chi connectivity index (χ1n) is 9.25. The molecule has 0 atom stereocenters. The van der Waals surface area contributed by atoms with Gasteiger partial charge in [0.2, 0.25) is 0 Å². The summed E-state index contributed by atoms with van der Waals surface area (Å²) in [6.45, 7) is 3.20. The van der Waals surface area contributed by atoms with Crippen molar-refractivity contribution in [2.45, 2.75) is 18.7 Å². The van der Waals surface area contributed by atoms with Crippen molar-refractivity contribution in [1.82, 2.24) is 9.19 Å². The highest BCUT2D eigenvalue weighted by molar-refractivity contribution is 7.90. The number of carbonyl (C=O) groups excluding carboxylic acids is 2. The molecule has 0 aliphatic heterocycles. The Morgan fingerprint density at radius 1 is 0.867 bits per heavy atom. The van der Waals surface area contributed by atoms with Crippen molar-refractivity contribution in [2.75, 3.05) is 13.2 Å². The summed E-state index contributed by atoms with van der Waals surface area (Å²) in [5.41, 5.74) is -0.302. The second-order valence-electron chi connectivity index (χ2n) is 6.04. The van der Waals surface area contributed by atoms with E-state index in [1.54, 1.807) is 62.4 Å². The average Bonchev–Trinajstić information content (AvgIpc) is 3.17. The van der Waals surface area contributed by atoms with Gasteiger partial charge in [0.15, 0.2) is 5.69 Å². The van der Waals surface area contributed by atoms with Gasteiger partial charge in [-0.3, -0.25) is 0 Å². The van der Waals surface area contributed by atoms with Gasteiger partial charge in [-0.05, 0) is 26.0 Å². The average molecular weight is 428 g/mol. The molecule has 0 amide bonds. The highest BCUT2D eigenvalue weighted by atomic mass is 32.2. The van der Waals surface area contributed by atoms with Crippen LogP contribution in [0.15, 0.2) is 65.6 Å². The van der Waals surface area contributed by atoms with E-state index in [4.69, 9.17) is 9.47 Å². The van der Waals surface area contributed by atoms with E-state index in [2.05, 4.69) is 5.10 Å². The SMILES string of the molecule is CCOC(=O)c1c(-c2ccccc2)nn(S(=O)(=O)c2ccccc2)c1C(=O)OCC. The van der Waals surface area contributed by atoms with Crippen molar-refractivity contribution in [3.05, 3.63) is 71.9 Å². The lowest BCUT2D eigenvalue weighted by Gasteiger charge is -2.09. The molecule has 1 aromatic heterocycles. The lowest BCUT2D eigenvalue weighted by molar-refractivity contribution is 0.0474. The van der Waals surface area contributed by atoms with Gasteiger partial charge in [0.05, 0.1) is 18.1 Å². The van der Waals surface area contributed by atoms with E-state index in [0.717, 1.165) is 0 Å². The number of nitrogens with zero attached hydrogens (tertiary/aromatic N) is 2. The van der Waals surface area contributed by atoms with E-state index in [9.17, 15) is 18.0 Å². The summed E-state index contributed by atoms with van der Waals surface area (Å²) < 4.78 is 37.3. The van der Waals surface area contributed by atoms with Gasteiger partial charge >= 0.3 is 11.9 Å². The maximum absolute atomic E-state index is 13.3. The Bertz CT molecular complexity index is 1150. The predicted molar refractivity (Wildman–Crippen MR) is 109 cm³/mol. The Kier molecular flexibility index (Phi) is 6.31. The van der Waals surface area contributed by atoms with Crippen LogP contribution in [0.25, 0.3) is 11.3 Å². The number of esters is 2. The molecule has 9 heteroatoms. The molecule has 30 heavy (non-hydrogen) atoms. The van der Waals surface area contributed by atoms with Crippen molar-refractivity contribution in [2.24, 2.45) is 0 Å². The Balaban J connectivity index is 2.37. The molecule has 3 aromatic rings. The zero-order valence-electron chi connectivity index (χ0n) is 16.4. The van der Waals surface area contributed by atoms with Crippen LogP contribution in [0.5, 0.6) is 0 Å². The van der Waals surface area contributed by atoms with Crippen LogP contribution < -0.4 is 0 Å². The normalized spacial score (nSPS) is 11.1. The van der Waals surface area contributed by atoms with Gasteiger partial charge in [-0.15, -0.1) is 4.09 Å².